The van der Waals surface area contributed by atoms with Gasteiger partial charge in [0.2, 0.25) is 0 Å². The minimum absolute atomic E-state index is 0.0146. The highest BCUT2D eigenvalue weighted by atomic mass is 19.3. The van der Waals surface area contributed by atoms with Crippen LogP contribution in [0.5, 0.6) is 11.5 Å². The van der Waals surface area contributed by atoms with E-state index < -0.39 is 6.61 Å². The van der Waals surface area contributed by atoms with Crippen molar-refractivity contribution in [3.63, 3.8) is 0 Å². The molecule has 27 heavy (non-hydrogen) atoms. The summed E-state index contributed by atoms with van der Waals surface area (Å²) in [5, 5.41) is 10.5. The summed E-state index contributed by atoms with van der Waals surface area (Å²) >= 11 is 0. The first-order valence-corrected chi connectivity index (χ1v) is 8.73. The van der Waals surface area contributed by atoms with E-state index in [9.17, 15) is 8.78 Å². The average Bonchev–Trinajstić information content (AvgIpc) is 3.04. The molecule has 1 heterocycles. The predicted molar refractivity (Wildman–Crippen MR) is 99.1 cm³/mol. The van der Waals surface area contributed by atoms with Crippen LogP contribution in [0.2, 0.25) is 0 Å². The molecule has 2 aromatic rings. The standard InChI is InChI=1S/C18H25F2N5O2/c1-4-21-18(23-12-14-8-9-24-25(14)3)22-11-13-6-7-15(27-17(19)20)16(10-13)26-5-2/h6-10,17H,4-5,11-12H2,1-3H3,(H2,21,22,23). The molecule has 0 unspecified atom stereocenters. The van der Waals surface area contributed by atoms with Crippen LogP contribution < -0.4 is 20.1 Å². The maximum absolute atomic E-state index is 12.5. The third-order valence-electron chi connectivity index (χ3n) is 3.65. The van der Waals surface area contributed by atoms with Crippen LogP contribution in [0.3, 0.4) is 0 Å². The summed E-state index contributed by atoms with van der Waals surface area (Å²) < 4.78 is 36.6. The lowest BCUT2D eigenvalue weighted by atomic mass is 10.2. The van der Waals surface area contributed by atoms with E-state index in [0.717, 1.165) is 11.3 Å². The van der Waals surface area contributed by atoms with Gasteiger partial charge in [-0.05, 0) is 37.6 Å². The first kappa shape index (κ1) is 20.5. The third-order valence-corrected chi connectivity index (χ3v) is 3.65. The fraction of sp³-hybridized carbons (Fsp3) is 0.444. The Morgan fingerprint density at radius 1 is 1.22 bits per heavy atom. The minimum Gasteiger partial charge on any atom is -0.490 e. The maximum atomic E-state index is 12.5. The quantitative estimate of drug-likeness (QED) is 0.516. The Labute approximate surface area is 157 Å². The number of guanidine groups is 1. The van der Waals surface area contributed by atoms with Crippen molar-refractivity contribution < 1.29 is 18.3 Å². The van der Waals surface area contributed by atoms with Crippen molar-refractivity contribution in [2.24, 2.45) is 12.0 Å². The smallest absolute Gasteiger partial charge is 0.387 e. The van der Waals surface area contributed by atoms with Crippen LogP contribution >= 0.6 is 0 Å². The molecule has 0 saturated carbocycles. The van der Waals surface area contributed by atoms with Gasteiger partial charge in [-0.25, -0.2) is 4.99 Å². The molecular formula is C18H25F2N5O2. The van der Waals surface area contributed by atoms with Gasteiger partial charge < -0.3 is 20.1 Å². The van der Waals surface area contributed by atoms with Gasteiger partial charge in [-0.2, -0.15) is 13.9 Å². The molecule has 1 aromatic carbocycles. The SMILES string of the molecule is CCNC(=NCc1ccc(OC(F)F)c(OCC)c1)NCc1ccnn1C. The number of nitrogens with one attached hydrogen (secondary N) is 2. The molecular weight excluding hydrogens is 356 g/mol. The van der Waals surface area contributed by atoms with Crippen LogP contribution in [-0.2, 0) is 20.1 Å². The number of nitrogens with zero attached hydrogens (tertiary/aromatic N) is 3. The van der Waals surface area contributed by atoms with E-state index >= 15 is 0 Å². The van der Waals surface area contributed by atoms with Crippen LogP contribution in [0.4, 0.5) is 8.78 Å². The molecule has 2 rings (SSSR count). The molecule has 148 valence electrons. The number of aromatic nitrogens is 2. The van der Waals surface area contributed by atoms with Gasteiger partial charge in [0.25, 0.3) is 0 Å². The Kier molecular flexibility index (Phi) is 7.84. The van der Waals surface area contributed by atoms with Gasteiger partial charge in [-0.3, -0.25) is 4.68 Å². The summed E-state index contributed by atoms with van der Waals surface area (Å²) in [5.41, 5.74) is 1.84. The number of aryl methyl sites for hydroxylation is 1. The lowest BCUT2D eigenvalue weighted by Crippen LogP contribution is -2.37. The molecule has 0 atom stereocenters. The number of hydrogen-bond donors (Lipinski definition) is 2. The highest BCUT2D eigenvalue weighted by Gasteiger charge is 2.11. The minimum atomic E-state index is -2.90. The molecule has 0 saturated heterocycles. The van der Waals surface area contributed by atoms with E-state index in [1.807, 2.05) is 20.0 Å². The molecule has 2 N–H and O–H groups in total. The Bertz CT molecular complexity index is 749. The first-order chi connectivity index (χ1) is 13.0. The second-order valence-corrected chi connectivity index (χ2v) is 5.59. The number of benzene rings is 1. The predicted octanol–water partition coefficient (Wildman–Crippen LogP) is 2.68. The maximum Gasteiger partial charge on any atom is 0.387 e. The monoisotopic (exact) mass is 381 g/mol. The van der Waals surface area contributed by atoms with Crippen molar-refractivity contribution in [3.05, 3.63) is 41.7 Å². The Balaban J connectivity index is 2.07. The first-order valence-electron chi connectivity index (χ1n) is 8.73. The lowest BCUT2D eigenvalue weighted by molar-refractivity contribution is -0.0514. The summed E-state index contributed by atoms with van der Waals surface area (Å²) in [4.78, 5) is 4.52. The van der Waals surface area contributed by atoms with Gasteiger partial charge in [0.05, 0.1) is 25.4 Å². The van der Waals surface area contributed by atoms with Crippen molar-refractivity contribution in [3.8, 4) is 11.5 Å². The fourth-order valence-corrected chi connectivity index (χ4v) is 2.37. The topological polar surface area (TPSA) is 72.7 Å². The second-order valence-electron chi connectivity index (χ2n) is 5.59. The van der Waals surface area contributed by atoms with Gasteiger partial charge in [0.1, 0.15) is 0 Å². The second kappa shape index (κ2) is 10.3. The molecule has 0 bridgehead atoms. The van der Waals surface area contributed by atoms with Crippen LogP contribution in [0, 0.1) is 0 Å². The fourth-order valence-electron chi connectivity index (χ4n) is 2.37. The van der Waals surface area contributed by atoms with Crippen LogP contribution in [0.25, 0.3) is 0 Å². The zero-order chi connectivity index (χ0) is 19.6. The zero-order valence-corrected chi connectivity index (χ0v) is 15.7. The zero-order valence-electron chi connectivity index (χ0n) is 15.7. The van der Waals surface area contributed by atoms with Gasteiger partial charge in [0.15, 0.2) is 17.5 Å². The van der Waals surface area contributed by atoms with Crippen molar-refractivity contribution >= 4 is 5.96 Å². The Morgan fingerprint density at radius 2 is 2.04 bits per heavy atom. The van der Waals surface area contributed by atoms with Gasteiger partial charge in [0, 0.05) is 19.8 Å². The molecule has 9 heteroatoms. The van der Waals surface area contributed by atoms with E-state index in [4.69, 9.17) is 4.74 Å². The number of hydrogen-bond acceptors (Lipinski definition) is 4. The summed E-state index contributed by atoms with van der Waals surface area (Å²) in [5.74, 6) is 0.934. The van der Waals surface area contributed by atoms with Crippen molar-refractivity contribution in [1.29, 1.82) is 0 Å². The summed E-state index contributed by atoms with van der Waals surface area (Å²) in [6, 6.07) is 6.74. The van der Waals surface area contributed by atoms with E-state index in [1.54, 1.807) is 29.9 Å². The molecule has 0 fully saturated rings. The van der Waals surface area contributed by atoms with Crippen molar-refractivity contribution in [2.45, 2.75) is 33.5 Å². The summed E-state index contributed by atoms with van der Waals surface area (Å²) in [7, 11) is 1.87. The molecule has 0 amide bonds. The van der Waals surface area contributed by atoms with Crippen LogP contribution in [-0.4, -0.2) is 35.5 Å². The highest BCUT2D eigenvalue weighted by Crippen LogP contribution is 2.30. The number of rotatable bonds is 9. The van der Waals surface area contributed by atoms with Crippen LogP contribution in [0.1, 0.15) is 25.1 Å². The third kappa shape index (κ3) is 6.43. The largest absolute Gasteiger partial charge is 0.490 e. The Morgan fingerprint density at radius 3 is 2.67 bits per heavy atom. The van der Waals surface area contributed by atoms with E-state index in [2.05, 4.69) is 25.5 Å². The van der Waals surface area contributed by atoms with E-state index in [0.29, 0.717) is 32.2 Å². The van der Waals surface area contributed by atoms with Gasteiger partial charge >= 0.3 is 6.61 Å². The van der Waals surface area contributed by atoms with Crippen molar-refractivity contribution in [1.82, 2.24) is 20.4 Å². The highest BCUT2D eigenvalue weighted by molar-refractivity contribution is 5.79. The molecule has 0 radical (unpaired) electrons. The van der Waals surface area contributed by atoms with Crippen molar-refractivity contribution in [2.75, 3.05) is 13.2 Å². The molecule has 0 spiro atoms. The lowest BCUT2D eigenvalue weighted by Gasteiger charge is -2.13. The number of aliphatic imine (C=N–C) groups is 1. The summed E-state index contributed by atoms with van der Waals surface area (Å²) in [6.07, 6.45) is 1.74. The van der Waals surface area contributed by atoms with E-state index in [-0.39, 0.29) is 11.5 Å². The number of halogens is 2. The van der Waals surface area contributed by atoms with E-state index in [1.165, 1.54) is 6.07 Å². The van der Waals surface area contributed by atoms with Crippen LogP contribution in [0.15, 0.2) is 35.5 Å². The van der Waals surface area contributed by atoms with Gasteiger partial charge in [-0.15, -0.1) is 0 Å². The molecule has 0 aliphatic heterocycles. The molecule has 0 aliphatic rings. The molecule has 1 aromatic heterocycles. The number of ether oxygens (including phenoxy) is 2. The number of alkyl halides is 2. The Hall–Kier alpha value is -2.84. The normalized spacial score (nSPS) is 11.6. The molecule has 7 nitrogen and oxygen atoms in total. The van der Waals surface area contributed by atoms with Gasteiger partial charge in [-0.1, -0.05) is 6.07 Å². The summed E-state index contributed by atoms with van der Waals surface area (Å²) in [6.45, 7) is 2.85. The average molecular weight is 381 g/mol. The molecule has 0 aliphatic carbocycles.